The second-order valence-corrected chi connectivity index (χ2v) is 10.9. The Morgan fingerprint density at radius 2 is 1.78 bits per heavy atom. The Balaban J connectivity index is 1.36. The number of anilines is 1. The monoisotopic (exact) mass is 463 g/mol. The second-order valence-electron chi connectivity index (χ2n) is 10.5. The van der Waals surface area contributed by atoms with Gasteiger partial charge < -0.3 is 20.1 Å². The third-order valence-electron chi connectivity index (χ3n) is 8.94. The molecule has 4 aliphatic rings. The SMILES string of the molecule is O[C@H]1[C@H](n2cnc3c(NC(C4CCCC4)C4CCCC4)nc(Cl)nc32)[C@H]2C[C@@]2(CF)[C@H]1O. The van der Waals surface area contributed by atoms with Gasteiger partial charge in [-0.1, -0.05) is 25.7 Å². The maximum atomic E-state index is 13.7. The summed E-state index contributed by atoms with van der Waals surface area (Å²) in [5.41, 5.74) is 0.312. The van der Waals surface area contributed by atoms with Crippen LogP contribution in [0.25, 0.3) is 11.2 Å². The first-order valence-corrected chi connectivity index (χ1v) is 12.5. The predicted octanol–water partition coefficient (Wildman–Crippen LogP) is 3.89. The van der Waals surface area contributed by atoms with Gasteiger partial charge in [0.25, 0.3) is 0 Å². The number of nitrogens with one attached hydrogen (secondary N) is 1. The van der Waals surface area contributed by atoms with Crippen molar-refractivity contribution in [1.82, 2.24) is 19.5 Å². The van der Waals surface area contributed by atoms with Gasteiger partial charge in [-0.25, -0.2) is 4.98 Å². The molecule has 32 heavy (non-hydrogen) atoms. The number of halogens is 2. The largest absolute Gasteiger partial charge is 0.390 e. The van der Waals surface area contributed by atoms with Crippen LogP contribution >= 0.6 is 11.6 Å². The van der Waals surface area contributed by atoms with Crippen LogP contribution in [0.5, 0.6) is 0 Å². The van der Waals surface area contributed by atoms with Crippen LogP contribution in [0.2, 0.25) is 5.28 Å². The lowest BCUT2D eigenvalue weighted by molar-refractivity contribution is -0.0224. The summed E-state index contributed by atoms with van der Waals surface area (Å²) in [6, 6.07) is -0.120. The van der Waals surface area contributed by atoms with Gasteiger partial charge in [0.15, 0.2) is 17.0 Å². The fourth-order valence-corrected chi connectivity index (χ4v) is 7.29. The maximum absolute atomic E-state index is 13.7. The Labute approximate surface area is 191 Å². The molecule has 4 aliphatic carbocycles. The molecule has 4 saturated carbocycles. The molecule has 0 radical (unpaired) electrons. The van der Waals surface area contributed by atoms with Crippen LogP contribution in [0.4, 0.5) is 10.2 Å². The predicted molar refractivity (Wildman–Crippen MR) is 119 cm³/mol. The smallest absolute Gasteiger partial charge is 0.226 e. The van der Waals surface area contributed by atoms with E-state index in [0.29, 0.717) is 41.3 Å². The van der Waals surface area contributed by atoms with Crippen LogP contribution in [0.3, 0.4) is 0 Å². The topological polar surface area (TPSA) is 96.1 Å². The third kappa shape index (κ3) is 3.09. The molecular formula is C23H31ClFN5O2. The zero-order chi connectivity index (χ0) is 22.0. The summed E-state index contributed by atoms with van der Waals surface area (Å²) in [5.74, 6) is 1.77. The van der Waals surface area contributed by atoms with Crippen molar-refractivity contribution in [2.45, 2.75) is 82.1 Å². The highest BCUT2D eigenvalue weighted by atomic mass is 35.5. The molecule has 7 nitrogen and oxygen atoms in total. The van der Waals surface area contributed by atoms with Gasteiger partial charge in [0.1, 0.15) is 6.10 Å². The fourth-order valence-electron chi connectivity index (χ4n) is 7.13. The highest BCUT2D eigenvalue weighted by molar-refractivity contribution is 6.28. The van der Waals surface area contributed by atoms with Gasteiger partial charge in [-0.3, -0.25) is 4.39 Å². The first kappa shape index (κ1) is 21.1. The third-order valence-corrected chi connectivity index (χ3v) is 9.10. The molecule has 2 aromatic heterocycles. The summed E-state index contributed by atoms with van der Waals surface area (Å²) in [7, 11) is 0. The molecule has 0 aliphatic heterocycles. The summed E-state index contributed by atoms with van der Waals surface area (Å²) in [6.07, 6.45) is 10.1. The second kappa shape index (κ2) is 7.77. The Hall–Kier alpha value is -1.51. The van der Waals surface area contributed by atoms with Crippen molar-refractivity contribution in [3.63, 3.8) is 0 Å². The van der Waals surface area contributed by atoms with Crippen molar-refractivity contribution in [1.29, 1.82) is 0 Å². The number of nitrogens with zero attached hydrogens (tertiary/aromatic N) is 4. The number of alkyl halides is 1. The van der Waals surface area contributed by atoms with Crippen LogP contribution in [0.1, 0.15) is 63.8 Å². The molecule has 0 bridgehead atoms. The number of aromatic nitrogens is 4. The minimum atomic E-state index is -1.08. The van der Waals surface area contributed by atoms with Crippen LogP contribution < -0.4 is 5.32 Å². The average molecular weight is 464 g/mol. The lowest BCUT2D eigenvalue weighted by atomic mass is 9.86. The van der Waals surface area contributed by atoms with Crippen molar-refractivity contribution < 1.29 is 14.6 Å². The zero-order valence-corrected chi connectivity index (χ0v) is 18.9. The van der Waals surface area contributed by atoms with Gasteiger partial charge in [0, 0.05) is 11.5 Å². The number of aliphatic hydroxyl groups excluding tert-OH is 2. The van der Waals surface area contributed by atoms with E-state index < -0.39 is 30.3 Å². The molecule has 9 heteroatoms. The van der Waals surface area contributed by atoms with Gasteiger partial charge >= 0.3 is 0 Å². The molecule has 6 rings (SSSR count). The Bertz CT molecular complexity index is 992. The maximum Gasteiger partial charge on any atom is 0.226 e. The summed E-state index contributed by atoms with van der Waals surface area (Å²) >= 11 is 6.35. The van der Waals surface area contributed by atoms with E-state index in [-0.39, 0.29) is 11.2 Å². The van der Waals surface area contributed by atoms with Crippen LogP contribution in [0, 0.1) is 23.2 Å². The quantitative estimate of drug-likeness (QED) is 0.562. The van der Waals surface area contributed by atoms with Crippen LogP contribution in [0.15, 0.2) is 6.33 Å². The van der Waals surface area contributed by atoms with E-state index in [1.54, 1.807) is 10.9 Å². The number of fused-ring (bicyclic) bond motifs is 2. The molecule has 174 valence electrons. The fraction of sp³-hybridized carbons (Fsp3) is 0.783. The summed E-state index contributed by atoms with van der Waals surface area (Å²) in [4.78, 5) is 13.5. The molecular weight excluding hydrogens is 433 g/mol. The number of hydrogen-bond donors (Lipinski definition) is 3. The summed E-state index contributed by atoms with van der Waals surface area (Å²) < 4.78 is 15.5. The number of hydrogen-bond acceptors (Lipinski definition) is 6. The molecule has 0 amide bonds. The lowest BCUT2D eigenvalue weighted by Crippen LogP contribution is -2.35. The summed E-state index contributed by atoms with van der Waals surface area (Å²) in [5, 5.41) is 25.0. The molecule has 5 atom stereocenters. The van der Waals surface area contributed by atoms with Crippen molar-refractivity contribution in [2.75, 3.05) is 12.0 Å². The van der Waals surface area contributed by atoms with E-state index in [9.17, 15) is 14.6 Å². The molecule has 0 spiro atoms. The van der Waals surface area contributed by atoms with E-state index >= 15 is 0 Å². The molecule has 2 heterocycles. The Morgan fingerprint density at radius 1 is 1.12 bits per heavy atom. The number of imidazole rings is 1. The van der Waals surface area contributed by atoms with E-state index in [1.807, 2.05) is 0 Å². The van der Waals surface area contributed by atoms with Gasteiger partial charge in [-0.05, 0) is 61.5 Å². The summed E-state index contributed by atoms with van der Waals surface area (Å²) in [6.45, 7) is -0.633. The lowest BCUT2D eigenvalue weighted by Gasteiger charge is -2.30. The van der Waals surface area contributed by atoms with Gasteiger partial charge in [0.2, 0.25) is 5.28 Å². The van der Waals surface area contributed by atoms with Crippen molar-refractivity contribution in [2.24, 2.45) is 23.2 Å². The molecule has 0 saturated heterocycles. The van der Waals surface area contributed by atoms with Crippen molar-refractivity contribution in [3.05, 3.63) is 11.6 Å². The van der Waals surface area contributed by atoms with Crippen molar-refractivity contribution in [3.8, 4) is 0 Å². The van der Waals surface area contributed by atoms with Gasteiger partial charge in [-0.15, -0.1) is 0 Å². The number of aliphatic hydroxyl groups is 2. The highest BCUT2D eigenvalue weighted by Gasteiger charge is 2.71. The van der Waals surface area contributed by atoms with Crippen LogP contribution in [-0.2, 0) is 0 Å². The Kier molecular flexibility index (Phi) is 5.11. The number of rotatable bonds is 6. The highest BCUT2D eigenvalue weighted by Crippen LogP contribution is 2.67. The molecule has 0 aromatic carbocycles. The van der Waals surface area contributed by atoms with Gasteiger partial charge in [0.05, 0.1) is 25.1 Å². The minimum absolute atomic E-state index is 0.124. The van der Waals surface area contributed by atoms with E-state index in [2.05, 4.69) is 20.3 Å². The van der Waals surface area contributed by atoms with E-state index in [4.69, 9.17) is 11.6 Å². The molecule has 0 unspecified atom stereocenters. The van der Waals surface area contributed by atoms with E-state index in [0.717, 1.165) is 0 Å². The normalized spacial score (nSPS) is 35.3. The van der Waals surface area contributed by atoms with Crippen LogP contribution in [-0.4, -0.2) is 54.7 Å². The van der Waals surface area contributed by atoms with Gasteiger partial charge in [-0.2, -0.15) is 9.97 Å². The molecule has 3 N–H and O–H groups in total. The molecule has 2 aromatic rings. The zero-order valence-electron chi connectivity index (χ0n) is 18.1. The van der Waals surface area contributed by atoms with E-state index in [1.165, 1.54) is 51.4 Å². The average Bonchev–Trinajstić information content (AvgIpc) is 3.32. The van der Waals surface area contributed by atoms with Crippen molar-refractivity contribution >= 4 is 28.6 Å². The first-order chi connectivity index (χ1) is 15.5. The Morgan fingerprint density at radius 3 is 2.38 bits per heavy atom. The molecule has 4 fully saturated rings. The first-order valence-electron chi connectivity index (χ1n) is 12.1. The standard InChI is InChI=1S/C23H31ClFN5O2/c24-22-28-20(27-15(12-5-1-2-6-12)13-7-3-4-8-13)16-21(29-22)30(11-26-16)17-14-9-23(14,10-25)19(32)18(17)31/h11-15,17-19,31-32H,1-10H2,(H,27,28,29)/t14-,17-,18+,19+,23+/m1/s1. The minimum Gasteiger partial charge on any atom is -0.390 e.